The lowest BCUT2D eigenvalue weighted by atomic mass is 10.0. The molecule has 1 unspecified atom stereocenters. The van der Waals surface area contributed by atoms with Gasteiger partial charge in [-0.1, -0.05) is 6.07 Å². The summed E-state index contributed by atoms with van der Waals surface area (Å²) in [5, 5.41) is 0. The first-order chi connectivity index (χ1) is 6.18. The molecular formula is C10H9FNO. The Bertz CT molecular complexity index is 362. The van der Waals surface area contributed by atoms with Gasteiger partial charge in [0.25, 0.3) is 0 Å². The highest BCUT2D eigenvalue weighted by Crippen LogP contribution is 2.32. The molecule has 0 fully saturated rings. The van der Waals surface area contributed by atoms with Crippen LogP contribution in [0.1, 0.15) is 17.0 Å². The molecule has 1 aromatic carbocycles. The molecule has 0 aliphatic heterocycles. The fourth-order valence-electron chi connectivity index (χ4n) is 1.70. The fourth-order valence-corrected chi connectivity index (χ4v) is 1.70. The number of fused-ring (bicyclic) bond motifs is 1. The fraction of sp³-hybridized carbons (Fsp3) is 0.200. The SMILES string of the molecule is NC(=O)C1[CH]Cc2cc(F)ccc21. The summed E-state index contributed by atoms with van der Waals surface area (Å²) in [6.07, 6.45) is 2.44. The van der Waals surface area contributed by atoms with Crippen molar-refractivity contribution in [3.8, 4) is 0 Å². The number of carbonyl (C=O) groups excluding carboxylic acids is 1. The maximum Gasteiger partial charge on any atom is 0.225 e. The van der Waals surface area contributed by atoms with Gasteiger partial charge in [-0.05, 0) is 36.1 Å². The molecule has 13 heavy (non-hydrogen) atoms. The van der Waals surface area contributed by atoms with Crippen LogP contribution < -0.4 is 5.73 Å². The van der Waals surface area contributed by atoms with E-state index in [9.17, 15) is 9.18 Å². The third kappa shape index (κ3) is 1.30. The summed E-state index contributed by atoms with van der Waals surface area (Å²) in [5.74, 6) is -0.974. The Kier molecular flexibility index (Phi) is 1.79. The molecule has 1 aliphatic carbocycles. The summed E-state index contributed by atoms with van der Waals surface area (Å²) in [5.41, 5.74) is 6.89. The monoisotopic (exact) mass is 178 g/mol. The van der Waals surface area contributed by atoms with Crippen molar-refractivity contribution in [2.24, 2.45) is 5.73 Å². The average Bonchev–Trinajstić information content (AvgIpc) is 2.46. The smallest absolute Gasteiger partial charge is 0.225 e. The zero-order valence-corrected chi connectivity index (χ0v) is 6.96. The maximum absolute atomic E-state index is 12.8. The van der Waals surface area contributed by atoms with E-state index in [0.29, 0.717) is 6.42 Å². The van der Waals surface area contributed by atoms with E-state index in [2.05, 4.69) is 0 Å². The van der Waals surface area contributed by atoms with Crippen molar-refractivity contribution in [1.82, 2.24) is 0 Å². The first-order valence-corrected chi connectivity index (χ1v) is 4.09. The van der Waals surface area contributed by atoms with Crippen LogP contribution >= 0.6 is 0 Å². The topological polar surface area (TPSA) is 43.1 Å². The molecule has 1 aliphatic rings. The summed E-state index contributed by atoms with van der Waals surface area (Å²) in [7, 11) is 0. The van der Waals surface area contributed by atoms with Gasteiger partial charge in [-0.25, -0.2) is 4.39 Å². The van der Waals surface area contributed by atoms with Crippen LogP contribution in [-0.4, -0.2) is 5.91 Å². The van der Waals surface area contributed by atoms with E-state index in [0.717, 1.165) is 11.1 Å². The van der Waals surface area contributed by atoms with Gasteiger partial charge >= 0.3 is 0 Å². The molecule has 0 saturated carbocycles. The van der Waals surface area contributed by atoms with Crippen LogP contribution in [0.15, 0.2) is 18.2 Å². The Balaban J connectivity index is 2.44. The Hall–Kier alpha value is -1.38. The lowest BCUT2D eigenvalue weighted by Crippen LogP contribution is -2.19. The van der Waals surface area contributed by atoms with Crippen molar-refractivity contribution in [2.75, 3.05) is 0 Å². The van der Waals surface area contributed by atoms with Crippen molar-refractivity contribution in [3.05, 3.63) is 41.6 Å². The molecule has 2 N–H and O–H groups in total. The summed E-state index contributed by atoms with van der Waals surface area (Å²) in [6.45, 7) is 0. The maximum atomic E-state index is 12.8. The number of primary amides is 1. The van der Waals surface area contributed by atoms with Crippen molar-refractivity contribution in [3.63, 3.8) is 0 Å². The number of nitrogens with two attached hydrogens (primary N) is 1. The Morgan fingerprint density at radius 1 is 1.54 bits per heavy atom. The van der Waals surface area contributed by atoms with Gasteiger partial charge in [0.2, 0.25) is 5.91 Å². The molecule has 1 amide bonds. The second-order valence-electron chi connectivity index (χ2n) is 3.16. The minimum Gasteiger partial charge on any atom is -0.369 e. The molecule has 2 nitrogen and oxygen atoms in total. The minimum atomic E-state index is -0.370. The number of halogens is 1. The van der Waals surface area contributed by atoms with Crippen LogP contribution in [0.4, 0.5) is 4.39 Å². The standard InChI is InChI=1S/C10H9FNO/c11-7-2-4-8-6(5-7)1-3-9(8)10(12)13/h2-5,9H,1H2,(H2,12,13). The Morgan fingerprint density at radius 3 is 3.00 bits per heavy atom. The summed E-state index contributed by atoms with van der Waals surface area (Å²) >= 11 is 0. The van der Waals surface area contributed by atoms with Crippen LogP contribution in [0.5, 0.6) is 0 Å². The summed E-state index contributed by atoms with van der Waals surface area (Å²) < 4.78 is 12.8. The zero-order valence-electron chi connectivity index (χ0n) is 6.96. The van der Waals surface area contributed by atoms with Crippen molar-refractivity contribution >= 4 is 5.91 Å². The molecule has 0 bridgehead atoms. The van der Waals surface area contributed by atoms with Crippen LogP contribution in [0.3, 0.4) is 0 Å². The third-order valence-corrected chi connectivity index (χ3v) is 2.32. The zero-order chi connectivity index (χ0) is 9.42. The second kappa shape index (κ2) is 2.83. The lowest BCUT2D eigenvalue weighted by molar-refractivity contribution is -0.118. The molecule has 1 radical (unpaired) electrons. The quantitative estimate of drug-likeness (QED) is 0.688. The predicted octanol–water partition coefficient (Wildman–Crippen LogP) is 1.15. The second-order valence-corrected chi connectivity index (χ2v) is 3.16. The van der Waals surface area contributed by atoms with E-state index in [1.54, 1.807) is 6.07 Å². The van der Waals surface area contributed by atoms with Crippen LogP contribution in [0.2, 0.25) is 0 Å². The normalized spacial score (nSPS) is 19.9. The van der Waals surface area contributed by atoms with Crippen molar-refractivity contribution < 1.29 is 9.18 Å². The predicted molar refractivity (Wildman–Crippen MR) is 46.3 cm³/mol. The average molecular weight is 178 g/mol. The van der Waals surface area contributed by atoms with Gasteiger partial charge in [0, 0.05) is 0 Å². The van der Waals surface area contributed by atoms with Gasteiger partial charge in [0.1, 0.15) is 5.82 Å². The molecule has 0 saturated heterocycles. The van der Waals surface area contributed by atoms with E-state index in [1.165, 1.54) is 12.1 Å². The molecule has 0 aromatic heterocycles. The first-order valence-electron chi connectivity index (χ1n) is 4.09. The number of hydrogen-bond donors (Lipinski definition) is 1. The highest BCUT2D eigenvalue weighted by molar-refractivity contribution is 5.85. The van der Waals surface area contributed by atoms with Gasteiger partial charge in [0.15, 0.2) is 0 Å². The number of benzene rings is 1. The Morgan fingerprint density at radius 2 is 2.31 bits per heavy atom. The molecule has 3 heteroatoms. The first kappa shape index (κ1) is 8.23. The van der Waals surface area contributed by atoms with Gasteiger partial charge in [0.05, 0.1) is 5.92 Å². The van der Waals surface area contributed by atoms with E-state index < -0.39 is 0 Å². The third-order valence-electron chi connectivity index (χ3n) is 2.32. The van der Waals surface area contributed by atoms with E-state index in [-0.39, 0.29) is 17.6 Å². The largest absolute Gasteiger partial charge is 0.369 e. The van der Waals surface area contributed by atoms with Crippen LogP contribution in [0.25, 0.3) is 0 Å². The summed E-state index contributed by atoms with van der Waals surface area (Å²) in [6, 6.07) is 4.44. The minimum absolute atomic E-state index is 0.266. The van der Waals surface area contributed by atoms with Crippen LogP contribution in [-0.2, 0) is 11.2 Å². The van der Waals surface area contributed by atoms with E-state index in [4.69, 9.17) is 5.73 Å². The highest BCUT2D eigenvalue weighted by Gasteiger charge is 2.26. The molecule has 0 heterocycles. The van der Waals surface area contributed by atoms with Gasteiger partial charge in [-0.2, -0.15) is 0 Å². The highest BCUT2D eigenvalue weighted by atomic mass is 19.1. The van der Waals surface area contributed by atoms with Gasteiger partial charge < -0.3 is 5.73 Å². The Labute approximate surface area is 75.6 Å². The number of hydrogen-bond acceptors (Lipinski definition) is 1. The molecular weight excluding hydrogens is 169 g/mol. The van der Waals surface area contributed by atoms with Crippen molar-refractivity contribution in [1.29, 1.82) is 0 Å². The van der Waals surface area contributed by atoms with Gasteiger partial charge in [-0.3, -0.25) is 4.79 Å². The van der Waals surface area contributed by atoms with Gasteiger partial charge in [-0.15, -0.1) is 0 Å². The van der Waals surface area contributed by atoms with Crippen LogP contribution in [0, 0.1) is 12.2 Å². The molecule has 2 rings (SSSR count). The number of amides is 1. The van der Waals surface area contributed by atoms with Crippen molar-refractivity contribution in [2.45, 2.75) is 12.3 Å². The van der Waals surface area contributed by atoms with E-state index >= 15 is 0 Å². The molecule has 67 valence electrons. The molecule has 1 aromatic rings. The number of rotatable bonds is 1. The molecule has 0 spiro atoms. The number of carbonyl (C=O) groups is 1. The molecule has 1 atom stereocenters. The lowest BCUT2D eigenvalue weighted by Gasteiger charge is -2.05. The van der Waals surface area contributed by atoms with E-state index in [1.807, 2.05) is 6.42 Å². The summed E-state index contributed by atoms with van der Waals surface area (Å²) in [4.78, 5) is 10.9.